The Morgan fingerprint density at radius 3 is 2.71 bits per heavy atom. The van der Waals surface area contributed by atoms with Gasteiger partial charge < -0.3 is 4.74 Å². The molecule has 1 aromatic heterocycles. The molecule has 1 saturated heterocycles. The number of halogens is 3. The molecular formula is C22H21F3N2O. The minimum atomic E-state index is -4.14. The highest BCUT2D eigenvalue weighted by molar-refractivity contribution is 5.44. The van der Waals surface area contributed by atoms with Crippen molar-refractivity contribution in [1.82, 2.24) is 9.88 Å². The van der Waals surface area contributed by atoms with Crippen LogP contribution in [0.5, 0.6) is 0 Å². The van der Waals surface area contributed by atoms with E-state index in [2.05, 4.69) is 16.8 Å². The van der Waals surface area contributed by atoms with Gasteiger partial charge in [-0.05, 0) is 31.0 Å². The Morgan fingerprint density at radius 2 is 1.93 bits per heavy atom. The Kier molecular flexibility index (Phi) is 5.38. The molecule has 3 nitrogen and oxygen atoms in total. The Hall–Kier alpha value is -2.36. The number of hydrogen-bond acceptors (Lipinski definition) is 3. The van der Waals surface area contributed by atoms with Crippen LogP contribution in [0.3, 0.4) is 0 Å². The molecule has 4 rings (SSSR count). The lowest BCUT2D eigenvalue weighted by Gasteiger charge is -2.44. The molecule has 146 valence electrons. The fourth-order valence-electron chi connectivity index (χ4n) is 3.93. The molecule has 1 fully saturated rings. The molecule has 2 heterocycles. The second-order valence-corrected chi connectivity index (χ2v) is 7.17. The van der Waals surface area contributed by atoms with Crippen LogP contribution in [0.4, 0.5) is 13.2 Å². The van der Waals surface area contributed by atoms with Gasteiger partial charge in [0.2, 0.25) is 0 Å². The number of alkyl halides is 3. The highest BCUT2D eigenvalue weighted by Gasteiger charge is 2.39. The minimum Gasteiger partial charge on any atom is -0.370 e. The van der Waals surface area contributed by atoms with Crippen LogP contribution in [0.15, 0.2) is 42.6 Å². The quantitative estimate of drug-likeness (QED) is 0.726. The normalized spacial score (nSPS) is 22.0. The summed E-state index contributed by atoms with van der Waals surface area (Å²) in [6.07, 6.45) is -1.89. The summed E-state index contributed by atoms with van der Waals surface area (Å²) in [7, 11) is 0. The lowest BCUT2D eigenvalue weighted by atomic mass is 9.86. The van der Waals surface area contributed by atoms with Gasteiger partial charge in [-0.25, -0.2) is 0 Å². The van der Waals surface area contributed by atoms with Crippen LogP contribution in [-0.4, -0.2) is 41.8 Å². The number of aryl methyl sites for hydroxylation is 1. The second-order valence-electron chi connectivity index (χ2n) is 7.17. The second kappa shape index (κ2) is 7.94. The third-order valence-electron chi connectivity index (χ3n) is 5.29. The van der Waals surface area contributed by atoms with Crippen LogP contribution >= 0.6 is 0 Å². The molecule has 0 unspecified atom stereocenters. The number of hydrogen-bond donors (Lipinski definition) is 0. The van der Waals surface area contributed by atoms with E-state index in [1.165, 1.54) is 0 Å². The first-order chi connectivity index (χ1) is 13.5. The molecule has 0 spiro atoms. The molecule has 1 aromatic carbocycles. The van der Waals surface area contributed by atoms with Gasteiger partial charge in [-0.15, -0.1) is 0 Å². The number of ether oxygens (including phenoxy) is 1. The molecule has 0 saturated carbocycles. The average molecular weight is 386 g/mol. The number of nitrogens with zero attached hydrogens (tertiary/aromatic N) is 2. The first-order valence-corrected chi connectivity index (χ1v) is 9.48. The summed E-state index contributed by atoms with van der Waals surface area (Å²) in [5.41, 5.74) is 3.64. The van der Waals surface area contributed by atoms with Gasteiger partial charge in [-0.1, -0.05) is 30.0 Å². The van der Waals surface area contributed by atoms with E-state index < -0.39 is 12.6 Å². The molecule has 1 aliphatic heterocycles. The maximum atomic E-state index is 12.7. The highest BCUT2D eigenvalue weighted by Crippen LogP contribution is 2.38. The Labute approximate surface area is 162 Å². The van der Waals surface area contributed by atoms with Gasteiger partial charge in [0.1, 0.15) is 0 Å². The molecule has 6 heteroatoms. The molecule has 28 heavy (non-hydrogen) atoms. The van der Waals surface area contributed by atoms with Crippen molar-refractivity contribution < 1.29 is 17.9 Å². The lowest BCUT2D eigenvalue weighted by molar-refractivity contribution is -0.148. The standard InChI is InChI=1S/C22H21F3N2O/c23-22(24,25)10-11-27-12-13-28-21-18-14-17(7-6-16-4-2-1-3-5-16)15-26-19(18)8-9-20(21)27/h1-5,14-15,20-21H,8-13H2/t20-,21+/m1/s1. The van der Waals surface area contributed by atoms with Crippen molar-refractivity contribution in [3.05, 3.63) is 65.0 Å². The van der Waals surface area contributed by atoms with Crippen molar-refractivity contribution in [1.29, 1.82) is 0 Å². The highest BCUT2D eigenvalue weighted by atomic mass is 19.4. The van der Waals surface area contributed by atoms with Crippen molar-refractivity contribution in [3.63, 3.8) is 0 Å². The van der Waals surface area contributed by atoms with Gasteiger partial charge >= 0.3 is 6.18 Å². The summed E-state index contributed by atoms with van der Waals surface area (Å²) in [4.78, 5) is 6.48. The largest absolute Gasteiger partial charge is 0.390 e. The summed E-state index contributed by atoms with van der Waals surface area (Å²) < 4.78 is 44.0. The first kappa shape index (κ1) is 19.0. The van der Waals surface area contributed by atoms with Gasteiger partial charge in [0.25, 0.3) is 0 Å². The van der Waals surface area contributed by atoms with E-state index in [1.54, 1.807) is 6.20 Å². The van der Waals surface area contributed by atoms with Crippen LogP contribution in [0.1, 0.15) is 41.3 Å². The summed E-state index contributed by atoms with van der Waals surface area (Å²) in [6, 6.07) is 11.6. The molecule has 0 N–H and O–H groups in total. The zero-order valence-electron chi connectivity index (χ0n) is 15.4. The molecule has 0 bridgehead atoms. The van der Waals surface area contributed by atoms with E-state index >= 15 is 0 Å². The van der Waals surface area contributed by atoms with Crippen molar-refractivity contribution in [2.45, 2.75) is 37.6 Å². The van der Waals surface area contributed by atoms with E-state index in [4.69, 9.17) is 4.74 Å². The predicted octanol–water partition coefficient (Wildman–Crippen LogP) is 4.12. The van der Waals surface area contributed by atoms with Crippen molar-refractivity contribution in [3.8, 4) is 11.8 Å². The Bertz CT molecular complexity index is 886. The van der Waals surface area contributed by atoms with E-state index in [1.807, 2.05) is 41.3 Å². The van der Waals surface area contributed by atoms with E-state index in [0.717, 1.165) is 35.2 Å². The van der Waals surface area contributed by atoms with E-state index in [0.29, 0.717) is 13.2 Å². The van der Waals surface area contributed by atoms with Gasteiger partial charge in [0.15, 0.2) is 0 Å². The van der Waals surface area contributed by atoms with Crippen molar-refractivity contribution >= 4 is 0 Å². The van der Waals surface area contributed by atoms with Gasteiger partial charge in [0, 0.05) is 47.7 Å². The van der Waals surface area contributed by atoms with Crippen molar-refractivity contribution in [2.75, 3.05) is 19.7 Å². The number of fused-ring (bicyclic) bond motifs is 3. The third-order valence-corrected chi connectivity index (χ3v) is 5.29. The Balaban J connectivity index is 1.55. The lowest BCUT2D eigenvalue weighted by Crippen LogP contribution is -2.50. The van der Waals surface area contributed by atoms with Crippen LogP contribution in [0.25, 0.3) is 0 Å². The third kappa shape index (κ3) is 4.37. The van der Waals surface area contributed by atoms with Gasteiger partial charge in [0.05, 0.1) is 19.1 Å². The summed E-state index contributed by atoms with van der Waals surface area (Å²) in [6.45, 7) is 0.982. The first-order valence-electron chi connectivity index (χ1n) is 9.48. The predicted molar refractivity (Wildman–Crippen MR) is 99.7 cm³/mol. The topological polar surface area (TPSA) is 25.4 Å². The zero-order valence-corrected chi connectivity index (χ0v) is 15.4. The van der Waals surface area contributed by atoms with Crippen molar-refractivity contribution in [2.24, 2.45) is 0 Å². The fraction of sp³-hybridized carbons (Fsp3) is 0.409. The molecule has 2 aliphatic rings. The number of morpholine rings is 1. The maximum absolute atomic E-state index is 12.7. The summed E-state index contributed by atoms with van der Waals surface area (Å²) in [5, 5.41) is 0. The summed E-state index contributed by atoms with van der Waals surface area (Å²) in [5.74, 6) is 6.25. The number of benzene rings is 1. The molecular weight excluding hydrogens is 365 g/mol. The zero-order chi connectivity index (χ0) is 19.6. The Morgan fingerprint density at radius 1 is 1.14 bits per heavy atom. The molecule has 2 atom stereocenters. The number of rotatable bonds is 2. The van der Waals surface area contributed by atoms with Crippen LogP contribution in [0, 0.1) is 11.8 Å². The number of aromatic nitrogens is 1. The molecule has 0 amide bonds. The van der Waals surface area contributed by atoms with Crippen LogP contribution in [0.2, 0.25) is 0 Å². The SMILES string of the molecule is FC(F)(F)CCN1CCO[C@H]2c3cc(C#Cc4ccccc4)cnc3CC[C@H]21. The molecule has 0 radical (unpaired) electrons. The van der Waals surface area contributed by atoms with E-state index in [-0.39, 0.29) is 18.7 Å². The fourth-order valence-corrected chi connectivity index (χ4v) is 3.93. The van der Waals surface area contributed by atoms with Gasteiger partial charge in [-0.2, -0.15) is 13.2 Å². The molecule has 1 aliphatic carbocycles. The van der Waals surface area contributed by atoms with E-state index in [9.17, 15) is 13.2 Å². The number of pyridine rings is 1. The molecule has 2 aromatic rings. The van der Waals surface area contributed by atoms with Crippen LogP contribution in [-0.2, 0) is 11.2 Å². The average Bonchev–Trinajstić information content (AvgIpc) is 2.70. The maximum Gasteiger partial charge on any atom is 0.390 e. The van der Waals surface area contributed by atoms with Gasteiger partial charge in [-0.3, -0.25) is 9.88 Å². The minimum absolute atomic E-state index is 0.0181. The van der Waals surface area contributed by atoms with Crippen LogP contribution < -0.4 is 0 Å². The summed E-state index contributed by atoms with van der Waals surface area (Å²) >= 11 is 0. The smallest absolute Gasteiger partial charge is 0.370 e. The monoisotopic (exact) mass is 386 g/mol.